The summed E-state index contributed by atoms with van der Waals surface area (Å²) in [7, 11) is 0. The van der Waals surface area contributed by atoms with Gasteiger partial charge in [-0.2, -0.15) is 14.6 Å². The van der Waals surface area contributed by atoms with Gasteiger partial charge in [-0.25, -0.2) is 9.37 Å². The lowest BCUT2D eigenvalue weighted by atomic mass is 10.1. The second-order valence-corrected chi connectivity index (χ2v) is 5.84. The summed E-state index contributed by atoms with van der Waals surface area (Å²) in [5.74, 6) is 0.771. The maximum absolute atomic E-state index is 14.0. The highest BCUT2D eigenvalue weighted by atomic mass is 19.1. The van der Waals surface area contributed by atoms with Crippen LogP contribution in [0, 0.1) is 0 Å². The highest BCUT2D eigenvalue weighted by Gasteiger charge is 2.27. The number of nitrogens with zero attached hydrogens (tertiary/aromatic N) is 5. The summed E-state index contributed by atoms with van der Waals surface area (Å²) in [4.78, 5) is 8.86. The summed E-state index contributed by atoms with van der Waals surface area (Å²) in [5.41, 5.74) is 1.82. The zero-order valence-corrected chi connectivity index (χ0v) is 13.9. The van der Waals surface area contributed by atoms with E-state index in [0.717, 1.165) is 5.56 Å². The predicted octanol–water partition coefficient (Wildman–Crippen LogP) is 1.62. The molecule has 4 heterocycles. The minimum atomic E-state index is -1.11. The average Bonchev–Trinajstić information content (AvgIpc) is 3.31. The minimum absolute atomic E-state index is 0.0743. The third-order valence-corrected chi connectivity index (χ3v) is 4.06. The average molecular weight is 359 g/mol. The van der Waals surface area contributed by atoms with Crippen LogP contribution in [0.15, 0.2) is 31.4 Å². The van der Waals surface area contributed by atoms with E-state index in [1.165, 1.54) is 10.8 Å². The Morgan fingerprint density at radius 3 is 3.23 bits per heavy atom. The molecule has 0 aromatic carbocycles. The molecule has 9 nitrogen and oxygen atoms in total. The Morgan fingerprint density at radius 2 is 2.46 bits per heavy atom. The second-order valence-electron chi connectivity index (χ2n) is 5.84. The van der Waals surface area contributed by atoms with Gasteiger partial charge in [0.15, 0.2) is 5.75 Å². The number of alkyl halides is 1. The Kier molecular flexibility index (Phi) is 4.48. The second kappa shape index (κ2) is 7.08. The summed E-state index contributed by atoms with van der Waals surface area (Å²) in [6.45, 7) is 4.53. The number of anilines is 1. The Hall–Kier alpha value is -3.01. The van der Waals surface area contributed by atoms with Crippen LogP contribution in [0.2, 0.25) is 0 Å². The number of aromatic nitrogens is 6. The molecule has 4 rings (SSSR count). The van der Waals surface area contributed by atoms with E-state index in [9.17, 15) is 4.39 Å². The Morgan fingerprint density at radius 1 is 1.54 bits per heavy atom. The fraction of sp³-hybridized carbons (Fsp3) is 0.375. The smallest absolute Gasteiger partial charge is 0.243 e. The number of halogens is 1. The van der Waals surface area contributed by atoms with Gasteiger partial charge in [0.2, 0.25) is 11.6 Å². The lowest BCUT2D eigenvalue weighted by molar-refractivity contribution is 0.0284. The standard InChI is InChI=1S/C16H18FN7O2/c1-2-4-26-14-13(10-6-19-20-7-10)18-9-24-15(14)22-16(23-24)21-12-3-5-25-8-11(12)17/h2,6-7,9,11-12H,1,3-5,8H2,(H,19,20)(H,21,23)/t11-,12+/m1/s1. The first-order valence-corrected chi connectivity index (χ1v) is 8.23. The third-order valence-electron chi connectivity index (χ3n) is 4.06. The van der Waals surface area contributed by atoms with Crippen LogP contribution in [0.5, 0.6) is 5.75 Å². The number of H-pyrrole nitrogens is 1. The summed E-state index contributed by atoms with van der Waals surface area (Å²) in [5, 5.41) is 14.1. The highest BCUT2D eigenvalue weighted by molar-refractivity contribution is 5.73. The van der Waals surface area contributed by atoms with E-state index in [2.05, 4.69) is 37.2 Å². The van der Waals surface area contributed by atoms with Crippen LogP contribution in [0.25, 0.3) is 16.9 Å². The van der Waals surface area contributed by atoms with Gasteiger partial charge in [0.25, 0.3) is 0 Å². The molecule has 2 atom stereocenters. The van der Waals surface area contributed by atoms with E-state index in [4.69, 9.17) is 9.47 Å². The van der Waals surface area contributed by atoms with Crippen LogP contribution < -0.4 is 10.1 Å². The molecule has 0 amide bonds. The topological polar surface area (TPSA) is 102 Å². The van der Waals surface area contributed by atoms with Crippen molar-refractivity contribution in [2.75, 3.05) is 25.1 Å². The van der Waals surface area contributed by atoms with Gasteiger partial charge in [0.1, 0.15) is 24.8 Å². The molecule has 0 spiro atoms. The van der Waals surface area contributed by atoms with E-state index in [0.29, 0.717) is 36.1 Å². The molecule has 1 fully saturated rings. The zero-order valence-electron chi connectivity index (χ0n) is 13.9. The van der Waals surface area contributed by atoms with Gasteiger partial charge in [0, 0.05) is 18.4 Å². The highest BCUT2D eigenvalue weighted by Crippen LogP contribution is 2.31. The van der Waals surface area contributed by atoms with Gasteiger partial charge < -0.3 is 14.8 Å². The van der Waals surface area contributed by atoms with Crippen LogP contribution in [0.1, 0.15) is 6.42 Å². The van der Waals surface area contributed by atoms with Gasteiger partial charge in [-0.1, -0.05) is 12.7 Å². The lowest BCUT2D eigenvalue weighted by Gasteiger charge is -2.26. The minimum Gasteiger partial charge on any atom is -0.483 e. The number of hydrogen-bond donors (Lipinski definition) is 2. The fourth-order valence-corrected chi connectivity index (χ4v) is 2.79. The molecule has 1 aliphatic rings. The van der Waals surface area contributed by atoms with Crippen LogP contribution in [0.4, 0.5) is 10.3 Å². The quantitative estimate of drug-likeness (QED) is 0.645. The first-order chi connectivity index (χ1) is 12.8. The number of rotatable bonds is 6. The van der Waals surface area contributed by atoms with Crippen molar-refractivity contribution in [2.24, 2.45) is 0 Å². The van der Waals surface area contributed by atoms with Crippen molar-refractivity contribution in [1.82, 2.24) is 29.8 Å². The zero-order chi connectivity index (χ0) is 17.9. The van der Waals surface area contributed by atoms with Crippen molar-refractivity contribution < 1.29 is 13.9 Å². The van der Waals surface area contributed by atoms with Crippen molar-refractivity contribution in [3.05, 3.63) is 31.4 Å². The van der Waals surface area contributed by atoms with Crippen LogP contribution in [0.3, 0.4) is 0 Å². The molecule has 3 aromatic heterocycles. The summed E-state index contributed by atoms with van der Waals surface area (Å²) >= 11 is 0. The van der Waals surface area contributed by atoms with Gasteiger partial charge >= 0.3 is 0 Å². The first-order valence-electron chi connectivity index (χ1n) is 8.23. The predicted molar refractivity (Wildman–Crippen MR) is 91.8 cm³/mol. The molecule has 26 heavy (non-hydrogen) atoms. The molecular weight excluding hydrogens is 341 g/mol. The largest absolute Gasteiger partial charge is 0.483 e. The SMILES string of the molecule is C=CCOc1c(-c2cn[nH]c2)ncn2nc(N[C@H]3CCOC[C@H]3F)nc12. The molecule has 10 heteroatoms. The van der Waals surface area contributed by atoms with Gasteiger partial charge in [-0.15, -0.1) is 5.10 Å². The van der Waals surface area contributed by atoms with Gasteiger partial charge in [0.05, 0.1) is 18.8 Å². The molecule has 3 aromatic rings. The van der Waals surface area contributed by atoms with Crippen LogP contribution in [-0.2, 0) is 4.74 Å². The number of aromatic amines is 1. The Balaban J connectivity index is 1.71. The van der Waals surface area contributed by atoms with Crippen molar-refractivity contribution in [3.8, 4) is 17.0 Å². The van der Waals surface area contributed by atoms with Gasteiger partial charge in [-0.3, -0.25) is 5.10 Å². The van der Waals surface area contributed by atoms with E-state index in [-0.39, 0.29) is 19.3 Å². The first kappa shape index (κ1) is 16.5. The number of ether oxygens (including phenoxy) is 2. The number of nitrogens with one attached hydrogen (secondary N) is 2. The van der Waals surface area contributed by atoms with Gasteiger partial charge in [-0.05, 0) is 6.42 Å². The summed E-state index contributed by atoms with van der Waals surface area (Å²) < 4.78 is 26.4. The Labute approximate surface area is 148 Å². The van der Waals surface area contributed by atoms with E-state index < -0.39 is 6.17 Å². The molecule has 1 saturated heterocycles. The van der Waals surface area contributed by atoms with Crippen molar-refractivity contribution >= 4 is 11.6 Å². The third kappa shape index (κ3) is 3.10. The van der Waals surface area contributed by atoms with Crippen LogP contribution >= 0.6 is 0 Å². The molecule has 0 unspecified atom stereocenters. The Bertz CT molecular complexity index is 896. The van der Waals surface area contributed by atoms with Crippen molar-refractivity contribution in [3.63, 3.8) is 0 Å². The van der Waals surface area contributed by atoms with Crippen molar-refractivity contribution in [2.45, 2.75) is 18.6 Å². The molecule has 1 aliphatic heterocycles. The fourth-order valence-electron chi connectivity index (χ4n) is 2.79. The van der Waals surface area contributed by atoms with E-state index >= 15 is 0 Å². The molecule has 136 valence electrons. The van der Waals surface area contributed by atoms with Crippen molar-refractivity contribution in [1.29, 1.82) is 0 Å². The maximum Gasteiger partial charge on any atom is 0.243 e. The molecule has 0 bridgehead atoms. The van der Waals surface area contributed by atoms with E-state index in [1.54, 1.807) is 18.5 Å². The molecule has 2 N–H and O–H groups in total. The lowest BCUT2D eigenvalue weighted by Crippen LogP contribution is -2.39. The normalized spacial score (nSPS) is 20.2. The van der Waals surface area contributed by atoms with E-state index in [1.807, 2.05) is 0 Å². The summed E-state index contributed by atoms with van der Waals surface area (Å²) in [6.07, 6.45) is 5.97. The maximum atomic E-state index is 14.0. The molecule has 0 radical (unpaired) electrons. The molecule has 0 aliphatic carbocycles. The van der Waals surface area contributed by atoms with Crippen LogP contribution in [-0.4, -0.2) is 61.8 Å². The monoisotopic (exact) mass is 359 g/mol. The molecule has 0 saturated carbocycles. The summed E-state index contributed by atoms with van der Waals surface area (Å²) in [6, 6.07) is -0.389. The number of fused-ring (bicyclic) bond motifs is 1. The molecular formula is C16H18FN7O2. The number of hydrogen-bond acceptors (Lipinski definition) is 7.